The lowest BCUT2D eigenvalue weighted by molar-refractivity contribution is 0.667. The lowest BCUT2D eigenvalue weighted by Crippen LogP contribution is -2.01. The highest BCUT2D eigenvalue weighted by Gasteiger charge is 2.21. The van der Waals surface area contributed by atoms with Gasteiger partial charge in [0, 0.05) is 64.6 Å². The monoisotopic (exact) mass is 738 g/mol. The zero-order valence-electron chi connectivity index (χ0n) is 30.2. The first-order valence-corrected chi connectivity index (χ1v) is 19.2. The molecule has 0 unspecified atom stereocenters. The quantitative estimate of drug-likeness (QED) is 0.169. The van der Waals surface area contributed by atoms with Gasteiger partial charge in [0.1, 0.15) is 16.7 Å². The average Bonchev–Trinajstić information content (AvgIpc) is 3.94. The Morgan fingerprint density at radius 3 is 2.11 bits per heavy atom. The number of allylic oxidation sites excluding steroid dienone is 1. The second-order valence-corrected chi connectivity index (χ2v) is 14.9. The van der Waals surface area contributed by atoms with E-state index in [9.17, 15) is 0 Å². The van der Waals surface area contributed by atoms with Gasteiger partial charge in [-0.1, -0.05) is 91.5 Å². The molecular weight excluding hydrogens is 709 g/mol. The number of furan rings is 2. The van der Waals surface area contributed by atoms with Crippen LogP contribution in [0.2, 0.25) is 0 Å². The molecule has 264 valence electrons. The fraction of sp³-hybridized carbons (Fsp3) is 0.0204. The van der Waals surface area contributed by atoms with Gasteiger partial charge in [-0.2, -0.15) is 0 Å². The minimum Gasteiger partial charge on any atom is -0.456 e. The predicted octanol–water partition coefficient (Wildman–Crippen LogP) is 13.8. The SMILES string of the molecule is C=Cc1cc(-c2nc(-c3ccc4c(c3)oc3ccccc34)nc(-c3cc(-c4ccc5c(c4)sc4ccccc45)cc4oc5cnccc5c34)n2)ccc1/C=C\C. The maximum absolute atomic E-state index is 6.52. The molecule has 6 aromatic carbocycles. The number of fused-ring (bicyclic) bond motifs is 9. The molecule has 56 heavy (non-hydrogen) atoms. The average molecular weight is 739 g/mol. The zero-order chi connectivity index (χ0) is 37.3. The molecule has 0 amide bonds. The number of thiophene rings is 1. The van der Waals surface area contributed by atoms with Crippen molar-refractivity contribution in [3.8, 4) is 45.3 Å². The molecule has 11 aromatic rings. The van der Waals surface area contributed by atoms with Gasteiger partial charge >= 0.3 is 0 Å². The van der Waals surface area contributed by atoms with E-state index in [4.69, 9.17) is 23.8 Å². The van der Waals surface area contributed by atoms with Gasteiger partial charge in [-0.3, -0.25) is 4.98 Å². The molecule has 11 rings (SSSR count). The van der Waals surface area contributed by atoms with Crippen LogP contribution < -0.4 is 0 Å². The van der Waals surface area contributed by atoms with Gasteiger partial charge in [-0.15, -0.1) is 11.3 Å². The summed E-state index contributed by atoms with van der Waals surface area (Å²) in [5, 5.41) is 6.48. The molecule has 0 atom stereocenters. The van der Waals surface area contributed by atoms with E-state index in [0.29, 0.717) is 23.1 Å². The summed E-state index contributed by atoms with van der Waals surface area (Å²) in [6.07, 6.45) is 9.52. The van der Waals surface area contributed by atoms with Crippen molar-refractivity contribution in [2.45, 2.75) is 6.92 Å². The topological polar surface area (TPSA) is 77.8 Å². The third-order valence-corrected chi connectivity index (χ3v) is 11.6. The van der Waals surface area contributed by atoms with Crippen molar-refractivity contribution >= 4 is 87.5 Å². The molecule has 7 heteroatoms. The van der Waals surface area contributed by atoms with E-state index in [1.807, 2.05) is 49.4 Å². The second-order valence-electron chi connectivity index (χ2n) is 13.8. The summed E-state index contributed by atoms with van der Waals surface area (Å²) >= 11 is 1.80. The van der Waals surface area contributed by atoms with Crippen LogP contribution in [-0.4, -0.2) is 19.9 Å². The summed E-state index contributed by atoms with van der Waals surface area (Å²) in [6, 6.07) is 42.0. The molecule has 0 aliphatic heterocycles. The van der Waals surface area contributed by atoms with Gasteiger partial charge in [0.25, 0.3) is 0 Å². The maximum atomic E-state index is 6.52. The summed E-state index contributed by atoms with van der Waals surface area (Å²) in [5.41, 5.74) is 9.67. The fourth-order valence-electron chi connectivity index (χ4n) is 7.85. The van der Waals surface area contributed by atoms with Crippen LogP contribution in [-0.2, 0) is 0 Å². The van der Waals surface area contributed by atoms with E-state index >= 15 is 0 Å². The van der Waals surface area contributed by atoms with Crippen molar-refractivity contribution in [2.75, 3.05) is 0 Å². The molecule has 0 radical (unpaired) electrons. The Morgan fingerprint density at radius 1 is 0.536 bits per heavy atom. The predicted molar refractivity (Wildman–Crippen MR) is 232 cm³/mol. The molecule has 0 aliphatic rings. The van der Waals surface area contributed by atoms with Gasteiger partial charge in [0.15, 0.2) is 23.1 Å². The van der Waals surface area contributed by atoms with Crippen molar-refractivity contribution in [3.63, 3.8) is 0 Å². The number of rotatable bonds is 6. The molecule has 0 aliphatic carbocycles. The highest BCUT2D eigenvalue weighted by atomic mass is 32.1. The van der Waals surface area contributed by atoms with Gasteiger partial charge in [-0.25, -0.2) is 15.0 Å². The van der Waals surface area contributed by atoms with Crippen LogP contribution >= 0.6 is 11.3 Å². The molecule has 5 aromatic heterocycles. The smallest absolute Gasteiger partial charge is 0.164 e. The first kappa shape index (κ1) is 32.2. The Balaban J connectivity index is 1.17. The third-order valence-electron chi connectivity index (χ3n) is 10.5. The van der Waals surface area contributed by atoms with Crippen LogP contribution in [0.5, 0.6) is 0 Å². The Labute approximate surface area is 324 Å². The van der Waals surface area contributed by atoms with Crippen molar-refractivity contribution < 1.29 is 8.83 Å². The van der Waals surface area contributed by atoms with Crippen LogP contribution in [0, 0.1) is 0 Å². The number of nitrogens with zero attached hydrogens (tertiary/aromatic N) is 4. The summed E-state index contributed by atoms with van der Waals surface area (Å²) < 4.78 is 15.3. The van der Waals surface area contributed by atoms with Crippen molar-refractivity contribution in [1.82, 2.24) is 19.9 Å². The van der Waals surface area contributed by atoms with Crippen LogP contribution in [0.25, 0.3) is 121 Å². The zero-order valence-corrected chi connectivity index (χ0v) is 31.0. The van der Waals surface area contributed by atoms with Gasteiger partial charge in [0.05, 0.1) is 6.20 Å². The van der Waals surface area contributed by atoms with E-state index in [-0.39, 0.29) is 0 Å². The first-order chi connectivity index (χ1) is 27.6. The largest absolute Gasteiger partial charge is 0.456 e. The Kier molecular flexibility index (Phi) is 7.30. The molecule has 0 spiro atoms. The molecule has 5 heterocycles. The van der Waals surface area contributed by atoms with E-state index in [1.165, 1.54) is 20.2 Å². The molecule has 0 fully saturated rings. The highest BCUT2D eigenvalue weighted by Crippen LogP contribution is 2.42. The minimum absolute atomic E-state index is 0.529. The number of benzene rings is 6. The molecular formula is C49H30N4O2S. The van der Waals surface area contributed by atoms with E-state index in [0.717, 1.165) is 77.2 Å². The molecule has 0 saturated heterocycles. The van der Waals surface area contributed by atoms with E-state index < -0.39 is 0 Å². The van der Waals surface area contributed by atoms with Crippen molar-refractivity contribution in [2.24, 2.45) is 0 Å². The van der Waals surface area contributed by atoms with Gasteiger partial charge < -0.3 is 8.83 Å². The van der Waals surface area contributed by atoms with E-state index in [1.54, 1.807) is 23.7 Å². The summed E-state index contributed by atoms with van der Waals surface area (Å²) in [5.74, 6) is 1.61. The fourth-order valence-corrected chi connectivity index (χ4v) is 9.00. The Bertz CT molecular complexity index is 3420. The van der Waals surface area contributed by atoms with Crippen LogP contribution in [0.15, 0.2) is 155 Å². The van der Waals surface area contributed by atoms with Gasteiger partial charge in [0.2, 0.25) is 0 Å². The summed E-state index contributed by atoms with van der Waals surface area (Å²) in [4.78, 5) is 20.0. The number of hydrogen-bond donors (Lipinski definition) is 0. The standard InChI is InChI=1S/C49H30N4O2S/c1-3-9-29-14-15-31(22-28(29)4-2)47-51-48(32-17-18-35-34-10-5-7-12-40(34)54-41(35)24-32)53-49(52-47)39-23-33(25-42-46(39)38-20-21-50-27-43(38)55-42)30-16-19-37-36-11-6-8-13-44(36)56-45(37)26-30/h3-27H,2H2,1H3/b9-3-. The van der Waals surface area contributed by atoms with Gasteiger partial charge in [-0.05, 0) is 83.8 Å². The van der Waals surface area contributed by atoms with Crippen LogP contribution in [0.1, 0.15) is 18.1 Å². The van der Waals surface area contributed by atoms with E-state index in [2.05, 4.69) is 109 Å². The lowest BCUT2D eigenvalue weighted by atomic mass is 9.97. The molecule has 6 nitrogen and oxygen atoms in total. The second kappa shape index (κ2) is 12.7. The summed E-state index contributed by atoms with van der Waals surface area (Å²) in [7, 11) is 0. The Hall–Kier alpha value is -7.22. The van der Waals surface area contributed by atoms with Crippen LogP contribution in [0.4, 0.5) is 0 Å². The third kappa shape index (κ3) is 5.16. The number of pyridine rings is 1. The normalized spacial score (nSPS) is 12.0. The lowest BCUT2D eigenvalue weighted by Gasteiger charge is -2.12. The van der Waals surface area contributed by atoms with Crippen molar-refractivity contribution in [3.05, 3.63) is 158 Å². The highest BCUT2D eigenvalue weighted by molar-refractivity contribution is 7.25. The number of hydrogen-bond acceptors (Lipinski definition) is 7. The maximum Gasteiger partial charge on any atom is 0.164 e. The number of aromatic nitrogens is 4. The molecule has 0 saturated carbocycles. The summed E-state index contributed by atoms with van der Waals surface area (Å²) in [6.45, 7) is 6.11. The molecule has 0 N–H and O–H groups in total. The minimum atomic E-state index is 0.529. The Morgan fingerprint density at radius 2 is 1.23 bits per heavy atom. The van der Waals surface area contributed by atoms with Crippen LogP contribution in [0.3, 0.4) is 0 Å². The van der Waals surface area contributed by atoms with Crippen molar-refractivity contribution in [1.29, 1.82) is 0 Å². The molecule has 0 bridgehead atoms. The number of para-hydroxylation sites is 1. The first-order valence-electron chi connectivity index (χ1n) is 18.4.